The van der Waals surface area contributed by atoms with Gasteiger partial charge in [-0.2, -0.15) is 0 Å². The molecule has 2 rings (SSSR count). The van der Waals surface area contributed by atoms with Crippen molar-refractivity contribution in [3.63, 3.8) is 0 Å². The van der Waals surface area contributed by atoms with Crippen LogP contribution in [0.25, 0.3) is 0 Å². The van der Waals surface area contributed by atoms with Crippen molar-refractivity contribution < 1.29 is 66.5 Å². The molecule has 0 saturated carbocycles. The quantitative estimate of drug-likeness (QED) is 0.123. The molecule has 2 aliphatic rings. The normalized spacial score (nSPS) is 22.1. The summed E-state index contributed by atoms with van der Waals surface area (Å²) < 4.78 is 32.7. The van der Waals surface area contributed by atoms with Crippen LogP contribution in [0.4, 0.5) is 0 Å². The van der Waals surface area contributed by atoms with Gasteiger partial charge in [0.05, 0.1) is 6.42 Å². The molecular formula is C14H19N2NaO8S3. The number of rotatable bonds is 9. The topological polar surface area (TPSA) is 150 Å². The molecule has 10 nitrogen and oxygen atoms in total. The molecule has 2 heterocycles. The Hall–Kier alpha value is -0.310. The first kappa shape index (κ1) is 25.7. The van der Waals surface area contributed by atoms with Crippen LogP contribution in [-0.4, -0.2) is 64.5 Å². The Morgan fingerprint density at radius 2 is 2.00 bits per heavy atom. The number of nitrogens with one attached hydrogen (secondary N) is 1. The molecule has 0 aromatic carbocycles. The summed E-state index contributed by atoms with van der Waals surface area (Å²) in [5, 5.41) is 0.804. The largest absolute Gasteiger partial charge is 1.00 e. The van der Waals surface area contributed by atoms with Crippen molar-refractivity contribution in [2.45, 2.75) is 49.0 Å². The zero-order chi connectivity index (χ0) is 20.0. The monoisotopic (exact) mass is 462 g/mol. The molecule has 2 saturated heterocycles. The van der Waals surface area contributed by atoms with Gasteiger partial charge in [0, 0.05) is 17.4 Å². The molecule has 0 spiro atoms. The van der Waals surface area contributed by atoms with Crippen molar-refractivity contribution >= 4 is 55.4 Å². The first-order chi connectivity index (χ1) is 12.7. The molecule has 0 aromatic heterocycles. The number of carbonyl (C=O) groups excluding carboxylic acids is 4. The summed E-state index contributed by atoms with van der Waals surface area (Å²) in [7, 11) is -1.30. The Morgan fingerprint density at radius 1 is 1.29 bits per heavy atom. The minimum atomic E-state index is -5.02. The predicted octanol–water partition coefficient (Wildman–Crippen LogP) is -3.05. The number of unbranched alkanes of at least 4 members (excludes halogenated alkanes) is 1. The van der Waals surface area contributed by atoms with Crippen molar-refractivity contribution in [2.75, 3.05) is 12.3 Å². The third kappa shape index (κ3) is 7.84. The first-order valence-electron chi connectivity index (χ1n) is 8.25. The molecule has 0 aromatic rings. The molecule has 0 aliphatic carbocycles. The van der Waals surface area contributed by atoms with Crippen LogP contribution in [0, 0.1) is 0 Å². The Bertz CT molecular complexity index is 711. The standard InChI is InChI=1S/C14H20N2O8S3.Na/c17-11(4-2-1-3-9-5-6-25-26-9)15-8-13(19)24-16-12(18)7-10(14(16)20)27(21,22)23;/h9-10H,1-8H2,(H,15,17)(H,21,22,23);/q;+1/p-1. The summed E-state index contributed by atoms with van der Waals surface area (Å²) in [6.45, 7) is -0.584. The van der Waals surface area contributed by atoms with Crippen LogP contribution in [0.3, 0.4) is 0 Å². The second-order valence-corrected chi connectivity index (χ2v) is 10.4. The molecule has 152 valence electrons. The van der Waals surface area contributed by atoms with E-state index in [0.29, 0.717) is 11.7 Å². The summed E-state index contributed by atoms with van der Waals surface area (Å²) in [6, 6.07) is 0. The van der Waals surface area contributed by atoms with Crippen LogP contribution < -0.4 is 34.9 Å². The van der Waals surface area contributed by atoms with Crippen molar-refractivity contribution in [3.05, 3.63) is 0 Å². The number of carbonyl (C=O) groups is 4. The molecule has 2 atom stereocenters. The van der Waals surface area contributed by atoms with Crippen LogP contribution in [0.15, 0.2) is 0 Å². The average molecular weight is 463 g/mol. The van der Waals surface area contributed by atoms with Gasteiger partial charge in [0.2, 0.25) is 5.91 Å². The summed E-state index contributed by atoms with van der Waals surface area (Å²) in [6.07, 6.45) is 3.15. The fourth-order valence-corrected chi connectivity index (χ4v) is 6.24. The summed E-state index contributed by atoms with van der Waals surface area (Å²) in [5.74, 6) is -2.85. The zero-order valence-corrected chi connectivity index (χ0v) is 19.7. The third-order valence-electron chi connectivity index (χ3n) is 3.94. The Morgan fingerprint density at radius 3 is 2.57 bits per heavy atom. The molecule has 2 unspecified atom stereocenters. The van der Waals surface area contributed by atoms with Crippen molar-refractivity contribution in [3.8, 4) is 0 Å². The van der Waals surface area contributed by atoms with Crippen molar-refractivity contribution in [1.82, 2.24) is 10.4 Å². The van der Waals surface area contributed by atoms with Gasteiger partial charge < -0.3 is 14.7 Å². The van der Waals surface area contributed by atoms with Crippen LogP contribution in [0.5, 0.6) is 0 Å². The van der Waals surface area contributed by atoms with E-state index in [2.05, 4.69) is 10.2 Å². The Kier molecular flexibility index (Phi) is 10.8. The van der Waals surface area contributed by atoms with Gasteiger partial charge in [0.25, 0.3) is 11.8 Å². The summed E-state index contributed by atoms with van der Waals surface area (Å²) in [5.41, 5.74) is 0. The maximum atomic E-state index is 11.7. The predicted molar refractivity (Wildman–Crippen MR) is 96.0 cm³/mol. The SMILES string of the molecule is O=C(CCCCC1CCSS1)NCC(=O)ON1C(=O)CC(S(=O)(=O)[O-])C1=O.[Na+]. The molecule has 14 heteroatoms. The smallest absolute Gasteiger partial charge is 0.747 e. The van der Waals surface area contributed by atoms with E-state index in [0.717, 1.165) is 18.6 Å². The molecule has 3 amide bonds. The molecule has 2 fully saturated rings. The second-order valence-electron chi connectivity index (χ2n) is 6.03. The van der Waals surface area contributed by atoms with Crippen molar-refractivity contribution in [1.29, 1.82) is 0 Å². The fraction of sp³-hybridized carbons (Fsp3) is 0.714. The van der Waals surface area contributed by atoms with Gasteiger partial charge in [0.1, 0.15) is 21.9 Å². The Balaban J connectivity index is 0.00000392. The molecule has 28 heavy (non-hydrogen) atoms. The molecule has 0 bridgehead atoms. The minimum Gasteiger partial charge on any atom is -0.747 e. The minimum absolute atomic E-state index is 0. The fourth-order valence-electron chi connectivity index (χ4n) is 2.52. The second kappa shape index (κ2) is 11.8. The van der Waals surface area contributed by atoms with Crippen LogP contribution in [0.1, 0.15) is 38.5 Å². The van der Waals surface area contributed by atoms with Crippen LogP contribution >= 0.6 is 21.6 Å². The first-order valence-corrected chi connectivity index (χ1v) is 12.1. The van der Waals surface area contributed by atoms with E-state index in [1.54, 1.807) is 0 Å². The zero-order valence-electron chi connectivity index (χ0n) is 15.2. The molecule has 0 radical (unpaired) electrons. The van der Waals surface area contributed by atoms with E-state index < -0.39 is 46.1 Å². The van der Waals surface area contributed by atoms with E-state index >= 15 is 0 Å². The number of hydroxylamine groups is 2. The third-order valence-corrected chi connectivity index (χ3v) is 8.01. The van der Waals surface area contributed by atoms with E-state index in [1.165, 1.54) is 6.42 Å². The van der Waals surface area contributed by atoms with Crippen LogP contribution in [-0.2, 0) is 34.1 Å². The number of nitrogens with zero attached hydrogens (tertiary/aromatic N) is 1. The van der Waals surface area contributed by atoms with Gasteiger partial charge in [0.15, 0.2) is 0 Å². The number of hydrogen-bond donors (Lipinski definition) is 1. The van der Waals surface area contributed by atoms with E-state index in [1.807, 2.05) is 21.6 Å². The van der Waals surface area contributed by atoms with Crippen LogP contribution in [0.2, 0.25) is 0 Å². The summed E-state index contributed by atoms with van der Waals surface area (Å²) in [4.78, 5) is 51.0. The van der Waals surface area contributed by atoms with E-state index in [9.17, 15) is 32.1 Å². The molecular weight excluding hydrogens is 443 g/mol. The van der Waals surface area contributed by atoms with Gasteiger partial charge in [-0.3, -0.25) is 14.4 Å². The molecule has 1 N–H and O–H groups in total. The average Bonchev–Trinajstić information content (AvgIpc) is 3.20. The van der Waals surface area contributed by atoms with Gasteiger partial charge >= 0.3 is 35.5 Å². The Labute approximate surface area is 192 Å². The number of hydrogen-bond acceptors (Lipinski definition) is 10. The van der Waals surface area contributed by atoms with Gasteiger partial charge in [-0.15, -0.1) is 5.06 Å². The van der Waals surface area contributed by atoms with Crippen molar-refractivity contribution in [2.24, 2.45) is 0 Å². The van der Waals surface area contributed by atoms with E-state index in [-0.39, 0.29) is 46.9 Å². The number of amides is 3. The summed E-state index contributed by atoms with van der Waals surface area (Å²) >= 11 is 0. The van der Waals surface area contributed by atoms with Gasteiger partial charge in [-0.1, -0.05) is 28.0 Å². The maximum absolute atomic E-state index is 11.7. The maximum Gasteiger partial charge on any atom is 1.00 e. The van der Waals surface area contributed by atoms with Gasteiger partial charge in [-0.05, 0) is 19.3 Å². The molecule has 2 aliphatic heterocycles. The van der Waals surface area contributed by atoms with Gasteiger partial charge in [-0.25, -0.2) is 13.2 Å². The van der Waals surface area contributed by atoms with E-state index in [4.69, 9.17) is 0 Å². The number of imide groups is 1.